The van der Waals surface area contributed by atoms with Crippen LogP contribution in [0.4, 0.5) is 5.69 Å². The van der Waals surface area contributed by atoms with Gasteiger partial charge in [0.25, 0.3) is 5.56 Å². The van der Waals surface area contributed by atoms with Crippen molar-refractivity contribution in [3.05, 3.63) is 44.8 Å². The molecular formula is C12H14BrN3O. The lowest BCUT2D eigenvalue weighted by Gasteiger charge is -2.12. The zero-order valence-corrected chi connectivity index (χ0v) is 11.4. The highest BCUT2D eigenvalue weighted by molar-refractivity contribution is 9.10. The Kier molecular flexibility index (Phi) is 3.11. The molecule has 4 nitrogen and oxygen atoms in total. The van der Waals surface area contributed by atoms with E-state index in [0.29, 0.717) is 12.2 Å². The summed E-state index contributed by atoms with van der Waals surface area (Å²) >= 11 is 3.45. The van der Waals surface area contributed by atoms with Crippen LogP contribution in [0.2, 0.25) is 0 Å². The molecule has 5 heteroatoms. The monoisotopic (exact) mass is 295 g/mol. The molecule has 0 fully saturated rings. The van der Waals surface area contributed by atoms with Gasteiger partial charge in [0, 0.05) is 11.0 Å². The number of rotatable bonds is 2. The Labute approximate surface area is 108 Å². The molecule has 0 saturated heterocycles. The molecule has 0 radical (unpaired) electrons. The van der Waals surface area contributed by atoms with E-state index in [2.05, 4.69) is 15.9 Å². The average Bonchev–Trinajstić information content (AvgIpc) is 2.54. The Hall–Kier alpha value is -1.49. The highest BCUT2D eigenvalue weighted by Gasteiger charge is 2.15. The Bertz CT molecular complexity index is 613. The third kappa shape index (κ3) is 1.80. The van der Waals surface area contributed by atoms with Crippen LogP contribution in [-0.2, 0) is 6.54 Å². The van der Waals surface area contributed by atoms with Crippen LogP contribution in [0.5, 0.6) is 0 Å². The zero-order valence-electron chi connectivity index (χ0n) is 9.77. The number of benzene rings is 1. The molecule has 0 aliphatic rings. The summed E-state index contributed by atoms with van der Waals surface area (Å²) in [7, 11) is 0. The van der Waals surface area contributed by atoms with Crippen molar-refractivity contribution >= 4 is 21.6 Å². The van der Waals surface area contributed by atoms with Crippen LogP contribution in [0, 0.1) is 6.92 Å². The van der Waals surface area contributed by atoms with Gasteiger partial charge in [0.05, 0.1) is 11.4 Å². The zero-order chi connectivity index (χ0) is 12.6. The van der Waals surface area contributed by atoms with Gasteiger partial charge in [-0.1, -0.05) is 12.1 Å². The highest BCUT2D eigenvalue weighted by Crippen LogP contribution is 2.21. The first-order chi connectivity index (χ1) is 8.07. The lowest BCUT2D eigenvalue weighted by atomic mass is 10.3. The summed E-state index contributed by atoms with van der Waals surface area (Å²) in [5.74, 6) is 0. The van der Waals surface area contributed by atoms with Gasteiger partial charge in [0.1, 0.15) is 5.69 Å². The average molecular weight is 296 g/mol. The summed E-state index contributed by atoms with van der Waals surface area (Å²) in [5, 5.41) is 0. The molecule has 2 aromatic rings. The number of para-hydroxylation sites is 1. The number of hydrogen-bond donors (Lipinski definition) is 1. The smallest absolute Gasteiger partial charge is 0.294 e. The van der Waals surface area contributed by atoms with E-state index in [0.717, 1.165) is 15.9 Å². The van der Waals surface area contributed by atoms with Crippen molar-refractivity contribution in [1.82, 2.24) is 9.36 Å². The SMILES string of the molecule is CCn1c(C)c(N)c(=O)n1-c1ccccc1Br. The molecule has 0 aliphatic carbocycles. The molecule has 0 spiro atoms. The van der Waals surface area contributed by atoms with Crippen molar-refractivity contribution in [2.45, 2.75) is 20.4 Å². The molecule has 0 amide bonds. The number of aromatic nitrogens is 2. The Morgan fingerprint density at radius 2 is 2.00 bits per heavy atom. The van der Waals surface area contributed by atoms with E-state index >= 15 is 0 Å². The molecule has 0 aliphatic heterocycles. The number of halogens is 1. The molecule has 90 valence electrons. The van der Waals surface area contributed by atoms with Gasteiger partial charge in [-0.2, -0.15) is 0 Å². The van der Waals surface area contributed by atoms with E-state index in [1.807, 2.05) is 42.8 Å². The third-order valence-corrected chi connectivity index (χ3v) is 3.49. The maximum atomic E-state index is 12.1. The Morgan fingerprint density at radius 1 is 1.35 bits per heavy atom. The quantitative estimate of drug-likeness (QED) is 0.924. The molecule has 1 aromatic carbocycles. The van der Waals surface area contributed by atoms with E-state index in [1.54, 1.807) is 4.68 Å². The van der Waals surface area contributed by atoms with Gasteiger partial charge in [-0.3, -0.25) is 9.48 Å². The summed E-state index contributed by atoms with van der Waals surface area (Å²) in [6.45, 7) is 4.53. The van der Waals surface area contributed by atoms with Crippen molar-refractivity contribution < 1.29 is 0 Å². The minimum absolute atomic E-state index is 0.170. The predicted molar refractivity (Wildman–Crippen MR) is 72.6 cm³/mol. The Balaban J connectivity index is 2.81. The van der Waals surface area contributed by atoms with Gasteiger partial charge in [0.2, 0.25) is 0 Å². The lowest BCUT2D eigenvalue weighted by Crippen LogP contribution is -2.22. The standard InChI is InChI=1S/C12H14BrN3O/c1-3-15-8(2)11(14)12(17)16(15)10-7-5-4-6-9(10)13/h4-7H,3,14H2,1-2H3. The second kappa shape index (κ2) is 4.41. The normalized spacial score (nSPS) is 10.8. The van der Waals surface area contributed by atoms with Gasteiger partial charge in [0.15, 0.2) is 0 Å². The van der Waals surface area contributed by atoms with E-state index in [1.165, 1.54) is 0 Å². The number of nitrogens with two attached hydrogens (primary N) is 1. The van der Waals surface area contributed by atoms with Gasteiger partial charge in [-0.05, 0) is 41.9 Å². The van der Waals surface area contributed by atoms with Crippen LogP contribution in [0.15, 0.2) is 33.5 Å². The second-order valence-corrected chi connectivity index (χ2v) is 4.64. The van der Waals surface area contributed by atoms with Crippen molar-refractivity contribution in [1.29, 1.82) is 0 Å². The fourth-order valence-corrected chi connectivity index (χ4v) is 2.36. The first kappa shape index (κ1) is 12.0. The maximum Gasteiger partial charge on any atom is 0.294 e. The van der Waals surface area contributed by atoms with Crippen LogP contribution >= 0.6 is 15.9 Å². The molecule has 1 aromatic heterocycles. The molecule has 0 saturated carbocycles. The van der Waals surface area contributed by atoms with Crippen LogP contribution in [0.1, 0.15) is 12.6 Å². The predicted octanol–water partition coefficient (Wildman–Crippen LogP) is 2.31. The van der Waals surface area contributed by atoms with E-state index in [-0.39, 0.29) is 5.56 Å². The van der Waals surface area contributed by atoms with Crippen LogP contribution < -0.4 is 11.3 Å². The highest BCUT2D eigenvalue weighted by atomic mass is 79.9. The molecular weight excluding hydrogens is 282 g/mol. The summed E-state index contributed by atoms with van der Waals surface area (Å²) in [6, 6.07) is 7.59. The number of nitrogens with zero attached hydrogens (tertiary/aromatic N) is 2. The molecule has 0 atom stereocenters. The first-order valence-corrected chi connectivity index (χ1v) is 6.20. The molecule has 2 rings (SSSR count). The summed E-state index contributed by atoms with van der Waals surface area (Å²) in [4.78, 5) is 12.1. The van der Waals surface area contributed by atoms with Gasteiger partial charge in [-0.25, -0.2) is 4.68 Å². The first-order valence-electron chi connectivity index (χ1n) is 5.40. The van der Waals surface area contributed by atoms with E-state index in [4.69, 9.17) is 5.73 Å². The molecule has 0 bridgehead atoms. The second-order valence-electron chi connectivity index (χ2n) is 3.78. The summed E-state index contributed by atoms with van der Waals surface area (Å²) in [6.07, 6.45) is 0. The number of hydrogen-bond acceptors (Lipinski definition) is 2. The molecule has 2 N–H and O–H groups in total. The fourth-order valence-electron chi connectivity index (χ4n) is 1.91. The van der Waals surface area contributed by atoms with Gasteiger partial charge >= 0.3 is 0 Å². The van der Waals surface area contributed by atoms with Crippen molar-refractivity contribution in [2.24, 2.45) is 0 Å². The van der Waals surface area contributed by atoms with Crippen molar-refractivity contribution in [3.63, 3.8) is 0 Å². The summed E-state index contributed by atoms with van der Waals surface area (Å²) in [5.41, 5.74) is 7.54. The minimum Gasteiger partial charge on any atom is -0.393 e. The van der Waals surface area contributed by atoms with Crippen LogP contribution in [0.25, 0.3) is 5.69 Å². The fraction of sp³-hybridized carbons (Fsp3) is 0.250. The van der Waals surface area contributed by atoms with Crippen molar-refractivity contribution in [3.8, 4) is 5.69 Å². The topological polar surface area (TPSA) is 52.9 Å². The number of nitrogen functional groups attached to an aromatic ring is 1. The maximum absolute atomic E-state index is 12.1. The number of anilines is 1. The molecule has 17 heavy (non-hydrogen) atoms. The molecule has 1 heterocycles. The van der Waals surface area contributed by atoms with Gasteiger partial charge in [-0.15, -0.1) is 0 Å². The van der Waals surface area contributed by atoms with Crippen LogP contribution in [-0.4, -0.2) is 9.36 Å². The Morgan fingerprint density at radius 3 is 2.59 bits per heavy atom. The van der Waals surface area contributed by atoms with E-state index < -0.39 is 0 Å². The third-order valence-electron chi connectivity index (χ3n) is 2.82. The van der Waals surface area contributed by atoms with Crippen molar-refractivity contribution in [2.75, 3.05) is 5.73 Å². The lowest BCUT2D eigenvalue weighted by molar-refractivity contribution is 0.558. The van der Waals surface area contributed by atoms with E-state index in [9.17, 15) is 4.79 Å². The van der Waals surface area contributed by atoms with Crippen LogP contribution in [0.3, 0.4) is 0 Å². The minimum atomic E-state index is -0.170. The molecule has 0 unspecified atom stereocenters. The summed E-state index contributed by atoms with van der Waals surface area (Å²) < 4.78 is 4.35. The largest absolute Gasteiger partial charge is 0.393 e. The van der Waals surface area contributed by atoms with Gasteiger partial charge < -0.3 is 5.73 Å².